The van der Waals surface area contributed by atoms with E-state index in [-0.39, 0.29) is 93.4 Å². The average molecular weight is 1630 g/mol. The number of nitrogens with one attached hydrogen (secondary N) is 14. The summed E-state index contributed by atoms with van der Waals surface area (Å²) in [4.78, 5) is 213. The predicted molar refractivity (Wildman–Crippen MR) is 434 cm³/mol. The van der Waals surface area contributed by atoms with Crippen molar-refractivity contribution in [1.29, 1.82) is 0 Å². The highest BCUT2D eigenvalue weighted by molar-refractivity contribution is 6.30. The van der Waals surface area contributed by atoms with E-state index >= 15 is 14.4 Å². The number of aromatic nitrogens is 1. The van der Waals surface area contributed by atoms with Gasteiger partial charge in [0.1, 0.15) is 60.4 Å². The fourth-order valence-electron chi connectivity index (χ4n) is 13.4. The van der Waals surface area contributed by atoms with E-state index in [1.165, 1.54) is 72.7 Å². The number of pyridine rings is 1. The highest BCUT2D eigenvalue weighted by Crippen LogP contribution is 2.23. The van der Waals surface area contributed by atoms with Crippen molar-refractivity contribution in [2.24, 2.45) is 17.4 Å². The van der Waals surface area contributed by atoms with Gasteiger partial charge in [-0.3, -0.25) is 72.6 Å². The molecule has 624 valence electrons. The van der Waals surface area contributed by atoms with E-state index < -0.39 is 162 Å². The molecule has 2 saturated heterocycles. The molecule has 1 unspecified atom stereocenters. The van der Waals surface area contributed by atoms with Crippen LogP contribution in [0.4, 0.5) is 21.0 Å². The van der Waals surface area contributed by atoms with Crippen LogP contribution in [0.3, 0.4) is 0 Å². The van der Waals surface area contributed by atoms with Crippen molar-refractivity contribution in [2.75, 3.05) is 36.9 Å². The molecule has 117 heavy (non-hydrogen) atoms. The first kappa shape index (κ1) is 90.1. The number of aliphatic hydroxyl groups excluding tert-OH is 1. The van der Waals surface area contributed by atoms with Crippen LogP contribution in [0.1, 0.15) is 114 Å². The molecule has 0 saturated carbocycles. The van der Waals surface area contributed by atoms with E-state index in [1.54, 1.807) is 50.2 Å². The van der Waals surface area contributed by atoms with Gasteiger partial charge in [-0.25, -0.2) is 9.59 Å². The van der Waals surface area contributed by atoms with E-state index in [9.17, 15) is 62.6 Å². The molecule has 35 heteroatoms. The van der Waals surface area contributed by atoms with Gasteiger partial charge >= 0.3 is 12.1 Å². The maximum atomic E-state index is 15.5. The lowest BCUT2D eigenvalue weighted by atomic mass is 9.99. The maximum absolute atomic E-state index is 15.5. The van der Waals surface area contributed by atoms with E-state index in [2.05, 4.69) is 74.1 Å². The van der Waals surface area contributed by atoms with Crippen LogP contribution in [0.2, 0.25) is 5.02 Å². The fourth-order valence-corrected chi connectivity index (χ4v) is 13.5. The molecule has 17 amide bonds. The number of hydrogen-bond acceptors (Lipinski definition) is 18. The Hall–Kier alpha value is -12.4. The summed E-state index contributed by atoms with van der Waals surface area (Å²) in [5.41, 5.74) is 13.4. The van der Waals surface area contributed by atoms with Gasteiger partial charge in [-0.15, -0.1) is 0 Å². The van der Waals surface area contributed by atoms with Gasteiger partial charge in [-0.1, -0.05) is 124 Å². The molecule has 2 aliphatic rings. The quantitative estimate of drug-likeness (QED) is 0.0242. The molecule has 19 N–H and O–H groups in total. The number of unbranched alkanes of at least 4 members (excludes halogenated alkanes) is 1. The minimum absolute atomic E-state index is 0.00498. The number of amides is 17. The van der Waals surface area contributed by atoms with Gasteiger partial charge in [0.2, 0.25) is 76.8 Å². The lowest BCUT2D eigenvalue weighted by Crippen LogP contribution is -2.62. The normalized spacial score (nSPS) is 15.9. The number of aliphatic hydroxyl groups is 1. The number of carbonyl (C=O) groups excluding carboxylic acids is 15. The van der Waals surface area contributed by atoms with Crippen molar-refractivity contribution >= 4 is 123 Å². The average Bonchev–Trinajstić information content (AvgIpc) is 1.80. The Kier molecular flexibility index (Phi) is 34.2. The summed E-state index contributed by atoms with van der Waals surface area (Å²) < 4.78 is 0. The Bertz CT molecular complexity index is 4500. The number of anilines is 2. The van der Waals surface area contributed by atoms with Gasteiger partial charge in [0.15, 0.2) is 0 Å². The molecule has 0 radical (unpaired) electrons. The molecule has 1 aromatic heterocycles. The Morgan fingerprint density at radius 1 is 0.547 bits per heavy atom. The number of imide groups is 1. The summed E-state index contributed by atoms with van der Waals surface area (Å²) in [5, 5.41) is 50.5. The zero-order valence-electron chi connectivity index (χ0n) is 65.7. The molecule has 3 heterocycles. The molecule has 34 nitrogen and oxygen atoms in total. The monoisotopic (exact) mass is 1630 g/mol. The lowest BCUT2D eigenvalue weighted by Gasteiger charge is -2.31. The first-order valence-corrected chi connectivity index (χ1v) is 39.1. The van der Waals surface area contributed by atoms with E-state index in [4.69, 9.17) is 23.1 Å². The van der Waals surface area contributed by atoms with Crippen LogP contribution in [0.25, 0.3) is 10.8 Å². The Morgan fingerprint density at radius 2 is 1.04 bits per heavy atom. The van der Waals surface area contributed by atoms with Crippen LogP contribution in [-0.2, 0) is 94.4 Å². The summed E-state index contributed by atoms with van der Waals surface area (Å²) in [6, 6.07) is 18.5. The van der Waals surface area contributed by atoms with Crippen LogP contribution >= 0.6 is 11.6 Å². The number of fused-ring (bicyclic) bond motifs is 1. The summed E-state index contributed by atoms with van der Waals surface area (Å²) >= 11 is 6.27. The molecule has 2 aliphatic heterocycles. The van der Waals surface area contributed by atoms with Gasteiger partial charge in [0.05, 0.1) is 13.0 Å². The zero-order chi connectivity index (χ0) is 84.8. The topological polar surface area (TPSA) is 513 Å². The number of urea groups is 2. The Labute approximate surface area is 681 Å². The summed E-state index contributed by atoms with van der Waals surface area (Å²) in [5.74, 6) is -10.7. The van der Waals surface area contributed by atoms with Gasteiger partial charge in [0.25, 0.3) is 0 Å². The first-order chi connectivity index (χ1) is 55.9. The molecular weight excluding hydrogens is 1530 g/mol. The molecule has 6 aromatic rings. The van der Waals surface area contributed by atoms with E-state index in [0.29, 0.717) is 59.5 Å². The molecule has 5 aromatic carbocycles. The Morgan fingerprint density at radius 3 is 1.56 bits per heavy atom. The van der Waals surface area contributed by atoms with Crippen LogP contribution < -0.4 is 85.9 Å². The number of carbonyl (C=O) groups is 15. The summed E-state index contributed by atoms with van der Waals surface area (Å²) in [7, 11) is 0. The molecule has 0 aliphatic carbocycles. The van der Waals surface area contributed by atoms with Crippen LogP contribution in [-0.4, -0.2) is 197 Å². The van der Waals surface area contributed by atoms with E-state index in [0.717, 1.165) is 10.8 Å². The van der Waals surface area contributed by atoms with Crippen molar-refractivity contribution in [1.82, 2.24) is 73.7 Å². The third-order valence-electron chi connectivity index (χ3n) is 19.3. The molecule has 0 spiro atoms. The predicted octanol–water partition coefficient (Wildman–Crippen LogP) is 1.52. The smallest absolute Gasteiger partial charge is 0.322 e. The largest absolute Gasteiger partial charge is 0.394 e. The summed E-state index contributed by atoms with van der Waals surface area (Å²) in [6.45, 7) is 8.34. The minimum Gasteiger partial charge on any atom is -0.394 e. The lowest BCUT2D eigenvalue weighted by molar-refractivity contribution is -0.142. The third-order valence-corrected chi connectivity index (χ3v) is 19.6. The zero-order valence-corrected chi connectivity index (χ0v) is 66.5. The van der Waals surface area contributed by atoms with Crippen molar-refractivity contribution in [3.63, 3.8) is 0 Å². The number of hydrogen-bond donors (Lipinski definition) is 17. The number of primary amides is 2. The highest BCUT2D eigenvalue weighted by atomic mass is 35.5. The number of halogens is 1. The minimum atomic E-state index is -1.92. The van der Waals surface area contributed by atoms with Crippen LogP contribution in [0.15, 0.2) is 140 Å². The molecule has 2 fully saturated rings. The second-order valence-electron chi connectivity index (χ2n) is 29.6. The van der Waals surface area contributed by atoms with E-state index in [1.807, 2.05) is 61.6 Å². The highest BCUT2D eigenvalue weighted by Gasteiger charge is 2.40. The van der Waals surface area contributed by atoms with Crippen molar-refractivity contribution in [3.8, 4) is 0 Å². The second-order valence-corrected chi connectivity index (χ2v) is 30.1. The maximum Gasteiger partial charge on any atom is 0.322 e. The van der Waals surface area contributed by atoms with Gasteiger partial charge in [-0.05, 0) is 132 Å². The van der Waals surface area contributed by atoms with Gasteiger partial charge < -0.3 is 90.6 Å². The standard InChI is InChI=1S/C82H103ClN18O16/c1-46(2)36-60(72(107)92-59(15-8-9-33-87-47(3)4)80(115)101-35-11-16-68(101)79(114)88-34-31-69(84)104)93-74(109)63(39-51-22-29-58(30-23-51)91-81(85)116)95-76(111)64(40-50-20-27-57(28-21-50)90-71(106)66-43-70(105)100-82(117)99-66)97-78(113)67(45-102)98-77(112)65(42-53-12-10-32-86-44-53)96-75(110)62(38-49-18-25-56(83)26-19-49)94-73(108)61(89-48(5)103)41-52-17-24-54-13-6-7-14-55(54)37-52/h6-7,10,12-14,17-30,32,37,44,46-47,59-68,87,102H,8-9,11,15-16,31,33-36,38-43,45H2,1-5H3,(H2,84,104)(H,88,114)(H,89,103)(H,90,106)(H,92,107)(H,93,109)(H,94,108)(H,95,111)(H,96,110)(H,97,113)(H,98,112)(H3,85,91,116)(H2,99,100,105,117)/t59-,60-,61+,62+,63+,64-,65+,66?,67-,68-/m0/s1. The Balaban J connectivity index is 1.09. The molecule has 10 atom stereocenters. The molecule has 8 rings (SSSR count). The van der Waals surface area contributed by atoms with Crippen molar-refractivity contribution in [3.05, 3.63) is 173 Å². The number of benzene rings is 5. The number of rotatable bonds is 42. The third kappa shape index (κ3) is 29.1. The van der Waals surface area contributed by atoms with Crippen LogP contribution in [0.5, 0.6) is 0 Å². The second kappa shape index (κ2) is 44.4. The SMILES string of the molecule is CC(=O)N[C@H](Cc1ccc2ccccc2c1)C(=O)N[C@H](Cc1ccc(Cl)cc1)C(=O)N[C@H](Cc1cccnc1)C(=O)N[C@@H](CO)C(=O)N[C@@H](Cc1ccc(NC(=O)C2CC(=O)NC(=O)N2)cc1)C(=O)N[C@H](Cc1ccc(NC(N)=O)cc1)C(=O)N[C@@H](CC(C)C)C(=O)N[C@@H](CCCCNC(C)C)C(=O)N1CCC[C@H]1C(=O)NCCC(N)=O. The van der Waals surface area contributed by atoms with Crippen LogP contribution in [0, 0.1) is 5.92 Å². The van der Waals surface area contributed by atoms with Crippen molar-refractivity contribution < 1.29 is 77.0 Å². The van der Waals surface area contributed by atoms with Gasteiger partial charge in [-0.2, -0.15) is 0 Å². The van der Waals surface area contributed by atoms with Gasteiger partial charge in [0, 0.05) is 93.4 Å². The fraction of sp³-hybridized carbons (Fsp3) is 0.415. The molecular formula is C82H103ClN18O16. The number of likely N-dealkylation sites (tertiary alicyclic amines) is 1. The van der Waals surface area contributed by atoms with Crippen molar-refractivity contribution in [2.45, 2.75) is 185 Å². The first-order valence-electron chi connectivity index (χ1n) is 38.7. The molecule has 0 bridgehead atoms. The summed E-state index contributed by atoms with van der Waals surface area (Å²) in [6.07, 6.45) is 3.05. The number of nitrogens with two attached hydrogens (primary N) is 2. The number of nitrogens with zero attached hydrogens (tertiary/aromatic N) is 2.